The SMILES string of the molecule is O=C1NC(=S)N/C1=C\c1ccc(-c2cccc(Br)c2)o1. The minimum absolute atomic E-state index is 0.254. The third-order valence-corrected chi connectivity index (χ3v) is 3.44. The molecule has 0 saturated carbocycles. The Balaban J connectivity index is 1.89. The number of halogens is 1. The maximum Gasteiger partial charge on any atom is 0.274 e. The summed E-state index contributed by atoms with van der Waals surface area (Å²) >= 11 is 8.29. The van der Waals surface area contributed by atoms with Gasteiger partial charge in [-0.05, 0) is 36.5 Å². The molecule has 1 amide bonds. The molecule has 0 atom stereocenters. The van der Waals surface area contributed by atoms with Crippen molar-refractivity contribution >= 4 is 45.2 Å². The molecule has 6 heteroatoms. The lowest BCUT2D eigenvalue weighted by Crippen LogP contribution is -2.21. The predicted molar refractivity (Wildman–Crippen MR) is 83.7 cm³/mol. The molecule has 1 aromatic heterocycles. The summed E-state index contributed by atoms with van der Waals surface area (Å²) in [6.45, 7) is 0. The van der Waals surface area contributed by atoms with Gasteiger partial charge in [0.15, 0.2) is 5.11 Å². The molecule has 1 aliphatic rings. The molecule has 20 heavy (non-hydrogen) atoms. The molecule has 1 aliphatic heterocycles. The number of carbonyl (C=O) groups is 1. The first-order valence-corrected chi connectivity index (χ1v) is 7.02. The summed E-state index contributed by atoms with van der Waals surface area (Å²) in [6, 6.07) is 11.5. The molecule has 2 aromatic rings. The molecule has 2 N–H and O–H groups in total. The van der Waals surface area contributed by atoms with Crippen molar-refractivity contribution in [3.63, 3.8) is 0 Å². The van der Waals surface area contributed by atoms with Gasteiger partial charge in [0.1, 0.15) is 17.2 Å². The van der Waals surface area contributed by atoms with Crippen molar-refractivity contribution in [1.82, 2.24) is 10.6 Å². The average Bonchev–Trinajstić information content (AvgIpc) is 2.97. The van der Waals surface area contributed by atoms with Gasteiger partial charge in [0, 0.05) is 16.1 Å². The molecule has 1 fully saturated rings. The van der Waals surface area contributed by atoms with Crippen molar-refractivity contribution in [3.05, 3.63) is 52.3 Å². The normalized spacial score (nSPS) is 16.4. The summed E-state index contributed by atoms with van der Waals surface area (Å²) in [5, 5.41) is 5.58. The molecule has 4 nitrogen and oxygen atoms in total. The minimum atomic E-state index is -0.254. The van der Waals surface area contributed by atoms with Crippen molar-refractivity contribution in [1.29, 1.82) is 0 Å². The molecule has 0 spiro atoms. The highest BCUT2D eigenvalue weighted by Gasteiger charge is 2.20. The van der Waals surface area contributed by atoms with Gasteiger partial charge in [-0.25, -0.2) is 0 Å². The Hall–Kier alpha value is -1.92. The molecule has 100 valence electrons. The highest BCUT2D eigenvalue weighted by atomic mass is 79.9. The van der Waals surface area contributed by atoms with E-state index in [1.807, 2.05) is 30.3 Å². The monoisotopic (exact) mass is 348 g/mol. The number of carbonyl (C=O) groups excluding carboxylic acids is 1. The number of amides is 1. The lowest BCUT2D eigenvalue weighted by atomic mass is 10.2. The quantitative estimate of drug-likeness (QED) is 0.646. The first kappa shape index (κ1) is 13.1. The standard InChI is InChI=1S/C14H9BrN2O2S/c15-9-3-1-2-8(6-9)12-5-4-10(19-12)7-11-13(18)17-14(20)16-11/h1-7H,(H2,16,17,18,20)/b11-7-. The van der Waals surface area contributed by atoms with E-state index in [-0.39, 0.29) is 5.91 Å². The zero-order valence-electron chi connectivity index (χ0n) is 10.1. The first-order chi connectivity index (χ1) is 9.61. The average molecular weight is 349 g/mol. The second-order valence-electron chi connectivity index (χ2n) is 4.18. The van der Waals surface area contributed by atoms with Gasteiger partial charge in [-0.2, -0.15) is 0 Å². The van der Waals surface area contributed by atoms with Crippen LogP contribution in [0.5, 0.6) is 0 Å². The number of thiocarbonyl (C=S) groups is 1. The molecule has 0 radical (unpaired) electrons. The van der Waals surface area contributed by atoms with E-state index in [0.29, 0.717) is 16.6 Å². The zero-order valence-corrected chi connectivity index (χ0v) is 12.5. The van der Waals surface area contributed by atoms with Crippen LogP contribution in [0.3, 0.4) is 0 Å². The van der Waals surface area contributed by atoms with Gasteiger partial charge >= 0.3 is 0 Å². The molecule has 0 unspecified atom stereocenters. The molecule has 0 bridgehead atoms. The minimum Gasteiger partial charge on any atom is -0.457 e. The van der Waals surface area contributed by atoms with E-state index >= 15 is 0 Å². The molecular weight excluding hydrogens is 340 g/mol. The van der Waals surface area contributed by atoms with Crippen LogP contribution in [-0.4, -0.2) is 11.0 Å². The van der Waals surface area contributed by atoms with Gasteiger partial charge in [0.25, 0.3) is 5.91 Å². The summed E-state index contributed by atoms with van der Waals surface area (Å²) in [5.74, 6) is 1.07. The van der Waals surface area contributed by atoms with Crippen molar-refractivity contribution in [2.75, 3.05) is 0 Å². The molecule has 0 aliphatic carbocycles. The number of nitrogens with one attached hydrogen (secondary N) is 2. The van der Waals surface area contributed by atoms with Crippen LogP contribution in [0.1, 0.15) is 5.76 Å². The van der Waals surface area contributed by atoms with Gasteiger partial charge in [-0.15, -0.1) is 0 Å². The second-order valence-corrected chi connectivity index (χ2v) is 5.50. The second kappa shape index (κ2) is 5.22. The smallest absolute Gasteiger partial charge is 0.274 e. The van der Waals surface area contributed by atoms with Crippen molar-refractivity contribution in [2.45, 2.75) is 0 Å². The van der Waals surface area contributed by atoms with Crippen LogP contribution in [0.15, 0.2) is 51.0 Å². The molecule has 2 heterocycles. The summed E-state index contributed by atoms with van der Waals surface area (Å²) < 4.78 is 6.69. The van der Waals surface area contributed by atoms with E-state index in [0.717, 1.165) is 15.8 Å². The van der Waals surface area contributed by atoms with Crippen molar-refractivity contribution < 1.29 is 9.21 Å². The fourth-order valence-electron chi connectivity index (χ4n) is 1.85. The van der Waals surface area contributed by atoms with Crippen LogP contribution in [0.2, 0.25) is 0 Å². The van der Waals surface area contributed by atoms with E-state index in [1.165, 1.54) is 0 Å². The Labute approximate surface area is 129 Å². The fraction of sp³-hybridized carbons (Fsp3) is 0. The molecule has 3 rings (SSSR count). The van der Waals surface area contributed by atoms with E-state index in [1.54, 1.807) is 12.1 Å². The van der Waals surface area contributed by atoms with Crippen molar-refractivity contribution in [3.8, 4) is 11.3 Å². The van der Waals surface area contributed by atoms with Crippen LogP contribution in [-0.2, 0) is 4.79 Å². The van der Waals surface area contributed by atoms with E-state index in [2.05, 4.69) is 26.6 Å². The van der Waals surface area contributed by atoms with E-state index in [9.17, 15) is 4.79 Å². The van der Waals surface area contributed by atoms with E-state index < -0.39 is 0 Å². The maximum absolute atomic E-state index is 11.5. The maximum atomic E-state index is 11.5. The number of hydrogen-bond acceptors (Lipinski definition) is 3. The van der Waals surface area contributed by atoms with Gasteiger partial charge < -0.3 is 9.73 Å². The molecule has 1 saturated heterocycles. The summed E-state index contributed by atoms with van der Waals surface area (Å²) in [4.78, 5) is 11.5. The lowest BCUT2D eigenvalue weighted by Gasteiger charge is -1.97. The number of furan rings is 1. The Morgan fingerprint density at radius 3 is 2.75 bits per heavy atom. The third kappa shape index (κ3) is 2.66. The largest absolute Gasteiger partial charge is 0.457 e. The van der Waals surface area contributed by atoms with Crippen LogP contribution in [0.4, 0.5) is 0 Å². The molecule has 1 aromatic carbocycles. The number of rotatable bonds is 2. The Morgan fingerprint density at radius 1 is 1.20 bits per heavy atom. The lowest BCUT2D eigenvalue weighted by molar-refractivity contribution is -0.115. The third-order valence-electron chi connectivity index (χ3n) is 2.74. The molecular formula is C14H9BrN2O2S. The summed E-state index contributed by atoms with van der Waals surface area (Å²) in [7, 11) is 0. The highest BCUT2D eigenvalue weighted by Crippen LogP contribution is 2.25. The summed E-state index contributed by atoms with van der Waals surface area (Å²) in [6.07, 6.45) is 1.62. The first-order valence-electron chi connectivity index (χ1n) is 5.81. The fourth-order valence-corrected chi connectivity index (χ4v) is 2.45. The van der Waals surface area contributed by atoms with Gasteiger partial charge in [-0.3, -0.25) is 10.1 Å². The van der Waals surface area contributed by atoms with E-state index in [4.69, 9.17) is 16.6 Å². The van der Waals surface area contributed by atoms with Crippen LogP contribution < -0.4 is 10.6 Å². The summed E-state index contributed by atoms with van der Waals surface area (Å²) in [5.41, 5.74) is 1.34. The number of hydrogen-bond donors (Lipinski definition) is 2. The predicted octanol–water partition coefficient (Wildman–Crippen LogP) is 3.05. The highest BCUT2D eigenvalue weighted by molar-refractivity contribution is 9.10. The van der Waals surface area contributed by atoms with Gasteiger partial charge in [0.05, 0.1) is 0 Å². The Kier molecular flexibility index (Phi) is 3.42. The van der Waals surface area contributed by atoms with Gasteiger partial charge in [-0.1, -0.05) is 28.1 Å². The van der Waals surface area contributed by atoms with Crippen LogP contribution in [0.25, 0.3) is 17.4 Å². The Morgan fingerprint density at radius 2 is 2.05 bits per heavy atom. The Bertz CT molecular complexity index is 736. The van der Waals surface area contributed by atoms with Crippen LogP contribution in [0, 0.1) is 0 Å². The zero-order chi connectivity index (χ0) is 14.1. The van der Waals surface area contributed by atoms with Crippen molar-refractivity contribution in [2.24, 2.45) is 0 Å². The van der Waals surface area contributed by atoms with Crippen LogP contribution >= 0.6 is 28.1 Å². The number of benzene rings is 1. The topological polar surface area (TPSA) is 54.3 Å². The van der Waals surface area contributed by atoms with Gasteiger partial charge in [0.2, 0.25) is 0 Å².